The van der Waals surface area contributed by atoms with Crippen LogP contribution in [0.3, 0.4) is 0 Å². The Morgan fingerprint density at radius 1 is 1.20 bits per heavy atom. The van der Waals surface area contributed by atoms with Gasteiger partial charge in [-0.15, -0.1) is 0 Å². The van der Waals surface area contributed by atoms with Crippen molar-refractivity contribution in [3.63, 3.8) is 0 Å². The number of halogens is 1. The zero-order valence-corrected chi connectivity index (χ0v) is 13.6. The standard InChI is InChI=1S/C16H16INO2/c1-11-3-8-14(15(17)9-11)16(19)18-10-12-4-6-13(20-2)7-5-12/h3-9H,10H2,1-2H3,(H,18,19). The lowest BCUT2D eigenvalue weighted by molar-refractivity contribution is 0.0950. The number of carbonyl (C=O) groups is 1. The third-order valence-electron chi connectivity index (χ3n) is 2.98. The van der Waals surface area contributed by atoms with E-state index in [2.05, 4.69) is 27.9 Å². The molecule has 0 aliphatic rings. The lowest BCUT2D eigenvalue weighted by Gasteiger charge is -2.08. The molecular formula is C16H16INO2. The maximum atomic E-state index is 12.1. The van der Waals surface area contributed by atoms with Gasteiger partial charge in [0.15, 0.2) is 0 Å². The number of ether oxygens (including phenoxy) is 1. The molecule has 0 bridgehead atoms. The summed E-state index contributed by atoms with van der Waals surface area (Å²) in [6, 6.07) is 13.5. The number of rotatable bonds is 4. The highest BCUT2D eigenvalue weighted by atomic mass is 127. The fraction of sp³-hybridized carbons (Fsp3) is 0.188. The third-order valence-corrected chi connectivity index (χ3v) is 3.87. The molecule has 0 unspecified atom stereocenters. The van der Waals surface area contributed by atoms with Gasteiger partial charge in [0, 0.05) is 10.1 Å². The van der Waals surface area contributed by atoms with Crippen LogP contribution in [0.2, 0.25) is 0 Å². The van der Waals surface area contributed by atoms with Crippen LogP contribution >= 0.6 is 22.6 Å². The minimum absolute atomic E-state index is 0.0507. The number of carbonyl (C=O) groups excluding carboxylic acids is 1. The quantitative estimate of drug-likeness (QED) is 0.823. The summed E-state index contributed by atoms with van der Waals surface area (Å²) < 4.78 is 6.07. The summed E-state index contributed by atoms with van der Waals surface area (Å²) in [6.07, 6.45) is 0. The van der Waals surface area contributed by atoms with Crippen LogP contribution in [0.25, 0.3) is 0 Å². The summed E-state index contributed by atoms with van der Waals surface area (Å²) in [7, 11) is 1.64. The zero-order valence-electron chi connectivity index (χ0n) is 11.4. The number of aryl methyl sites for hydroxylation is 1. The van der Waals surface area contributed by atoms with Crippen molar-refractivity contribution >= 4 is 28.5 Å². The Bertz CT molecular complexity index is 608. The van der Waals surface area contributed by atoms with Gasteiger partial charge >= 0.3 is 0 Å². The van der Waals surface area contributed by atoms with Gasteiger partial charge in [0.25, 0.3) is 5.91 Å². The van der Waals surface area contributed by atoms with E-state index in [1.165, 1.54) is 0 Å². The Labute approximate surface area is 132 Å². The molecule has 20 heavy (non-hydrogen) atoms. The second kappa shape index (κ2) is 6.74. The molecule has 1 N–H and O–H groups in total. The van der Waals surface area contributed by atoms with Crippen molar-refractivity contribution in [1.29, 1.82) is 0 Å². The minimum Gasteiger partial charge on any atom is -0.497 e. The van der Waals surface area contributed by atoms with Crippen LogP contribution in [-0.4, -0.2) is 13.0 Å². The fourth-order valence-corrected chi connectivity index (χ4v) is 2.74. The van der Waals surface area contributed by atoms with Crippen LogP contribution in [0.15, 0.2) is 42.5 Å². The molecule has 0 aromatic heterocycles. The molecular weight excluding hydrogens is 365 g/mol. The van der Waals surface area contributed by atoms with E-state index in [1.54, 1.807) is 7.11 Å². The molecule has 0 heterocycles. The summed E-state index contributed by atoms with van der Waals surface area (Å²) in [4.78, 5) is 12.1. The van der Waals surface area contributed by atoms with Crippen LogP contribution < -0.4 is 10.1 Å². The van der Waals surface area contributed by atoms with E-state index in [-0.39, 0.29) is 5.91 Å². The highest BCUT2D eigenvalue weighted by Gasteiger charge is 2.09. The summed E-state index contributed by atoms with van der Waals surface area (Å²) in [6.45, 7) is 2.52. The van der Waals surface area contributed by atoms with E-state index >= 15 is 0 Å². The van der Waals surface area contributed by atoms with E-state index in [0.29, 0.717) is 12.1 Å². The molecule has 104 valence electrons. The lowest BCUT2D eigenvalue weighted by atomic mass is 10.1. The molecule has 0 aliphatic carbocycles. The van der Waals surface area contributed by atoms with Crippen LogP contribution in [0.1, 0.15) is 21.5 Å². The highest BCUT2D eigenvalue weighted by Crippen LogP contribution is 2.15. The normalized spacial score (nSPS) is 10.2. The number of methoxy groups -OCH3 is 1. The average Bonchev–Trinajstić information content (AvgIpc) is 2.45. The SMILES string of the molecule is COc1ccc(CNC(=O)c2ccc(C)cc2I)cc1. The van der Waals surface area contributed by atoms with Crippen LogP contribution in [0.5, 0.6) is 5.75 Å². The summed E-state index contributed by atoms with van der Waals surface area (Å²) in [5.74, 6) is 0.762. The second-order valence-electron chi connectivity index (χ2n) is 4.51. The molecule has 2 aromatic rings. The molecule has 0 saturated heterocycles. The number of benzene rings is 2. The van der Waals surface area contributed by atoms with Gasteiger partial charge in [0.05, 0.1) is 12.7 Å². The topological polar surface area (TPSA) is 38.3 Å². The van der Waals surface area contributed by atoms with E-state index in [9.17, 15) is 4.79 Å². The minimum atomic E-state index is -0.0507. The molecule has 4 heteroatoms. The molecule has 0 fully saturated rings. The van der Waals surface area contributed by atoms with Gasteiger partial charge in [-0.05, 0) is 59.3 Å². The van der Waals surface area contributed by atoms with Crippen molar-refractivity contribution in [3.05, 3.63) is 62.7 Å². The van der Waals surface area contributed by atoms with E-state index < -0.39 is 0 Å². The number of nitrogens with one attached hydrogen (secondary N) is 1. The molecule has 1 amide bonds. The second-order valence-corrected chi connectivity index (χ2v) is 5.68. The Kier molecular flexibility index (Phi) is 5.00. The molecule has 3 nitrogen and oxygen atoms in total. The van der Waals surface area contributed by atoms with Crippen LogP contribution in [0, 0.1) is 10.5 Å². The van der Waals surface area contributed by atoms with Gasteiger partial charge in [0.2, 0.25) is 0 Å². The number of hydrogen-bond acceptors (Lipinski definition) is 2. The van der Waals surface area contributed by atoms with Crippen molar-refractivity contribution < 1.29 is 9.53 Å². The van der Waals surface area contributed by atoms with E-state index in [1.807, 2.05) is 49.4 Å². The summed E-state index contributed by atoms with van der Waals surface area (Å²) in [5.41, 5.74) is 2.91. The Morgan fingerprint density at radius 3 is 2.50 bits per heavy atom. The largest absolute Gasteiger partial charge is 0.497 e. The summed E-state index contributed by atoms with van der Waals surface area (Å²) in [5, 5.41) is 2.93. The van der Waals surface area contributed by atoms with Crippen molar-refractivity contribution in [2.24, 2.45) is 0 Å². The van der Waals surface area contributed by atoms with E-state index in [0.717, 1.165) is 20.4 Å². The third kappa shape index (κ3) is 3.72. The predicted molar refractivity (Wildman–Crippen MR) is 88.1 cm³/mol. The molecule has 0 atom stereocenters. The highest BCUT2D eigenvalue weighted by molar-refractivity contribution is 14.1. The maximum Gasteiger partial charge on any atom is 0.252 e. The first-order chi connectivity index (χ1) is 9.60. The first kappa shape index (κ1) is 14.8. The molecule has 0 aliphatic heterocycles. The fourth-order valence-electron chi connectivity index (χ4n) is 1.83. The smallest absolute Gasteiger partial charge is 0.252 e. The van der Waals surface area contributed by atoms with E-state index in [4.69, 9.17) is 4.74 Å². The Morgan fingerprint density at radius 2 is 1.90 bits per heavy atom. The van der Waals surface area contributed by atoms with Gasteiger partial charge in [0.1, 0.15) is 5.75 Å². The van der Waals surface area contributed by atoms with Crippen molar-refractivity contribution in [1.82, 2.24) is 5.32 Å². The molecule has 0 saturated carbocycles. The average molecular weight is 381 g/mol. The van der Waals surface area contributed by atoms with Crippen molar-refractivity contribution in [2.75, 3.05) is 7.11 Å². The van der Waals surface area contributed by atoms with Crippen LogP contribution in [-0.2, 0) is 6.54 Å². The first-order valence-electron chi connectivity index (χ1n) is 6.27. The molecule has 0 spiro atoms. The Hall–Kier alpha value is -1.56. The first-order valence-corrected chi connectivity index (χ1v) is 7.35. The maximum absolute atomic E-state index is 12.1. The van der Waals surface area contributed by atoms with Crippen molar-refractivity contribution in [2.45, 2.75) is 13.5 Å². The van der Waals surface area contributed by atoms with Gasteiger partial charge in [-0.2, -0.15) is 0 Å². The van der Waals surface area contributed by atoms with Gasteiger partial charge in [-0.3, -0.25) is 4.79 Å². The molecule has 0 radical (unpaired) electrons. The van der Waals surface area contributed by atoms with Gasteiger partial charge in [-0.1, -0.05) is 23.8 Å². The number of hydrogen-bond donors (Lipinski definition) is 1. The predicted octanol–water partition coefficient (Wildman–Crippen LogP) is 3.54. The molecule has 2 aromatic carbocycles. The Balaban J connectivity index is 2.00. The van der Waals surface area contributed by atoms with Gasteiger partial charge < -0.3 is 10.1 Å². The number of amides is 1. The van der Waals surface area contributed by atoms with Gasteiger partial charge in [-0.25, -0.2) is 0 Å². The van der Waals surface area contributed by atoms with Crippen molar-refractivity contribution in [3.8, 4) is 5.75 Å². The lowest BCUT2D eigenvalue weighted by Crippen LogP contribution is -2.23. The summed E-state index contributed by atoms with van der Waals surface area (Å²) >= 11 is 2.19. The van der Waals surface area contributed by atoms with Crippen LogP contribution in [0.4, 0.5) is 0 Å². The monoisotopic (exact) mass is 381 g/mol. The zero-order chi connectivity index (χ0) is 14.5. The molecule has 2 rings (SSSR count).